The number of methoxy groups -OCH3 is 1. The lowest BCUT2D eigenvalue weighted by atomic mass is 9.68. The van der Waals surface area contributed by atoms with Crippen molar-refractivity contribution in [1.29, 1.82) is 0 Å². The number of nitrogens with zero attached hydrogens (tertiary/aromatic N) is 3. The highest BCUT2D eigenvalue weighted by Crippen LogP contribution is 2.53. The van der Waals surface area contributed by atoms with Crippen molar-refractivity contribution in [2.45, 2.75) is 43.2 Å². The quantitative estimate of drug-likeness (QED) is 0.431. The van der Waals surface area contributed by atoms with E-state index in [-0.39, 0.29) is 30.4 Å². The fourth-order valence-corrected chi connectivity index (χ4v) is 5.55. The van der Waals surface area contributed by atoms with Crippen LogP contribution < -0.4 is 4.74 Å². The van der Waals surface area contributed by atoms with E-state index in [9.17, 15) is 18.7 Å². The number of carboxylic acids is 1. The number of carbonyl (C=O) groups is 1. The predicted molar refractivity (Wildman–Crippen MR) is 123 cm³/mol. The number of alkyl halides is 1. The fourth-order valence-electron chi connectivity index (χ4n) is 5.55. The molecule has 1 saturated carbocycles. The molecule has 4 heterocycles. The molecule has 0 spiro atoms. The Hall–Kier alpha value is -3.53. The van der Waals surface area contributed by atoms with Crippen LogP contribution in [-0.4, -0.2) is 56.8 Å². The number of ether oxygens (including phenoxy) is 2. The smallest absolute Gasteiger partial charge is 0.341 e. The molecule has 35 heavy (non-hydrogen) atoms. The summed E-state index contributed by atoms with van der Waals surface area (Å²) in [4.78, 5) is 16.4. The first-order valence-corrected chi connectivity index (χ1v) is 11.6. The van der Waals surface area contributed by atoms with Crippen molar-refractivity contribution in [3.8, 4) is 11.4 Å². The van der Waals surface area contributed by atoms with Crippen LogP contribution in [0.3, 0.4) is 0 Å². The minimum atomic E-state index is -2.25. The zero-order valence-electron chi connectivity index (χ0n) is 19.1. The molecule has 2 aliphatic rings. The highest BCUT2D eigenvalue weighted by atomic mass is 19.1. The van der Waals surface area contributed by atoms with E-state index in [0.717, 1.165) is 35.0 Å². The van der Waals surface area contributed by atoms with E-state index in [1.807, 2.05) is 10.6 Å². The topological polar surface area (TPSA) is 102 Å². The first kappa shape index (κ1) is 22.0. The molecule has 2 fully saturated rings. The number of hydrogen-bond acceptors (Lipinski definition) is 5. The number of rotatable bonds is 5. The zero-order valence-corrected chi connectivity index (χ0v) is 19.1. The molecule has 0 atom stereocenters. The molecule has 3 aromatic heterocycles. The minimum absolute atomic E-state index is 0.0832. The number of aromatic amines is 1. The molecule has 6 rings (SSSR count). The van der Waals surface area contributed by atoms with Crippen LogP contribution in [0.15, 0.2) is 30.5 Å². The Morgan fingerprint density at radius 3 is 2.74 bits per heavy atom. The third kappa shape index (κ3) is 3.38. The number of aliphatic carboxylic acids is 1. The van der Waals surface area contributed by atoms with Gasteiger partial charge in [0.2, 0.25) is 5.67 Å². The van der Waals surface area contributed by atoms with Gasteiger partial charge in [-0.25, -0.2) is 18.6 Å². The van der Waals surface area contributed by atoms with Crippen LogP contribution in [0.25, 0.3) is 27.8 Å². The maximum Gasteiger partial charge on any atom is 0.341 e. The van der Waals surface area contributed by atoms with Crippen LogP contribution in [0.4, 0.5) is 8.78 Å². The molecule has 1 saturated heterocycles. The Labute approximate surface area is 198 Å². The van der Waals surface area contributed by atoms with Crippen molar-refractivity contribution < 1.29 is 28.2 Å². The van der Waals surface area contributed by atoms with Gasteiger partial charge in [-0.15, -0.1) is 0 Å². The monoisotopic (exact) mass is 482 g/mol. The van der Waals surface area contributed by atoms with E-state index in [0.29, 0.717) is 30.1 Å². The van der Waals surface area contributed by atoms with Crippen LogP contribution in [-0.2, 0) is 9.53 Å². The standard InChI is InChI=1S/C25H24F2N4O4/c1-34-19-9-16(2-3-17(19)26)31-18-8-14-12-28-30-23(14)29-21(18)20(15-10-25(27,11-15)24(32)33)22(31)13-4-6-35-7-5-13/h2-3,8-9,12-13,15H,4-7,10-11H2,1H3,(H,32,33)(H,28,29,30)/t15-,25+. The van der Waals surface area contributed by atoms with Gasteiger partial charge in [0.15, 0.2) is 17.2 Å². The molecular weight excluding hydrogens is 458 g/mol. The highest BCUT2D eigenvalue weighted by Gasteiger charge is 2.53. The lowest BCUT2D eigenvalue weighted by Crippen LogP contribution is -2.45. The molecule has 0 unspecified atom stereocenters. The fraction of sp³-hybridized carbons (Fsp3) is 0.400. The molecule has 1 aromatic carbocycles. The Balaban J connectivity index is 1.65. The highest BCUT2D eigenvalue weighted by molar-refractivity contribution is 5.94. The van der Waals surface area contributed by atoms with Crippen LogP contribution in [0, 0.1) is 5.82 Å². The van der Waals surface area contributed by atoms with Crippen LogP contribution in [0.2, 0.25) is 0 Å². The van der Waals surface area contributed by atoms with Gasteiger partial charge in [-0.1, -0.05) is 0 Å². The number of benzene rings is 1. The molecule has 2 N–H and O–H groups in total. The van der Waals surface area contributed by atoms with E-state index < -0.39 is 17.5 Å². The summed E-state index contributed by atoms with van der Waals surface area (Å²) in [6.45, 7) is 1.17. The lowest BCUT2D eigenvalue weighted by Gasteiger charge is -2.39. The average molecular weight is 482 g/mol. The normalized spacial score (nSPS) is 23.0. The Bertz CT molecular complexity index is 1450. The van der Waals surface area contributed by atoms with Crippen LogP contribution in [0.5, 0.6) is 5.75 Å². The number of H-pyrrole nitrogens is 1. The number of fused-ring (bicyclic) bond motifs is 2. The Morgan fingerprint density at radius 2 is 2.03 bits per heavy atom. The van der Waals surface area contributed by atoms with Gasteiger partial charge < -0.3 is 19.1 Å². The summed E-state index contributed by atoms with van der Waals surface area (Å²) in [6, 6.07) is 6.64. The van der Waals surface area contributed by atoms with Gasteiger partial charge in [-0.2, -0.15) is 5.10 Å². The average Bonchev–Trinajstić information content (AvgIpc) is 3.43. The summed E-state index contributed by atoms with van der Waals surface area (Å²) in [7, 11) is 1.42. The van der Waals surface area contributed by atoms with E-state index in [1.54, 1.807) is 18.3 Å². The molecule has 1 aliphatic carbocycles. The molecular formula is C25H24F2N4O4. The SMILES string of the molecule is COc1cc(-n2c(C3CCOCC3)c([C@H]3C[C@](F)(C(=O)O)C3)c3nc4[nH]ncc4cc32)ccc1F. The van der Waals surface area contributed by atoms with Crippen molar-refractivity contribution in [2.24, 2.45) is 0 Å². The molecule has 0 amide bonds. The summed E-state index contributed by atoms with van der Waals surface area (Å²) in [5.74, 6) is -2.03. The van der Waals surface area contributed by atoms with Gasteiger partial charge in [0.05, 0.1) is 24.3 Å². The molecule has 0 bridgehead atoms. The van der Waals surface area contributed by atoms with E-state index in [2.05, 4.69) is 10.2 Å². The van der Waals surface area contributed by atoms with Gasteiger partial charge in [0, 0.05) is 47.5 Å². The molecule has 8 nitrogen and oxygen atoms in total. The van der Waals surface area contributed by atoms with Crippen molar-refractivity contribution in [3.05, 3.63) is 47.5 Å². The summed E-state index contributed by atoms with van der Waals surface area (Å²) < 4.78 is 42.1. The minimum Gasteiger partial charge on any atom is -0.494 e. The molecule has 0 radical (unpaired) electrons. The number of nitrogens with one attached hydrogen (secondary N) is 1. The third-order valence-corrected chi connectivity index (χ3v) is 7.35. The predicted octanol–water partition coefficient (Wildman–Crippen LogP) is 4.61. The summed E-state index contributed by atoms with van der Waals surface area (Å²) in [6.07, 6.45) is 2.96. The second-order valence-corrected chi connectivity index (χ2v) is 9.38. The largest absolute Gasteiger partial charge is 0.494 e. The molecule has 182 valence electrons. The van der Waals surface area contributed by atoms with Crippen LogP contribution in [0.1, 0.15) is 48.8 Å². The molecule has 10 heteroatoms. The Kier molecular flexibility index (Phi) is 5.03. The number of halogens is 2. The van der Waals surface area contributed by atoms with Crippen molar-refractivity contribution in [1.82, 2.24) is 19.7 Å². The maximum atomic E-state index is 14.9. The number of pyridine rings is 1. The first-order chi connectivity index (χ1) is 16.9. The zero-order chi connectivity index (χ0) is 24.3. The Morgan fingerprint density at radius 1 is 1.26 bits per heavy atom. The summed E-state index contributed by atoms with van der Waals surface area (Å²) >= 11 is 0. The van der Waals surface area contributed by atoms with Crippen molar-refractivity contribution in [3.63, 3.8) is 0 Å². The lowest BCUT2D eigenvalue weighted by molar-refractivity contribution is -0.158. The number of hydrogen-bond donors (Lipinski definition) is 2. The maximum absolute atomic E-state index is 14.9. The number of carboxylic acid groups (broad SMARTS) is 1. The second kappa shape index (κ2) is 8.01. The molecule has 4 aromatic rings. The van der Waals surface area contributed by atoms with Crippen LogP contribution >= 0.6 is 0 Å². The van der Waals surface area contributed by atoms with Crippen molar-refractivity contribution in [2.75, 3.05) is 20.3 Å². The van der Waals surface area contributed by atoms with Gasteiger partial charge in [0.25, 0.3) is 0 Å². The van der Waals surface area contributed by atoms with Gasteiger partial charge in [0.1, 0.15) is 0 Å². The van der Waals surface area contributed by atoms with E-state index in [4.69, 9.17) is 14.5 Å². The van der Waals surface area contributed by atoms with Gasteiger partial charge >= 0.3 is 5.97 Å². The molecule has 1 aliphatic heterocycles. The number of aromatic nitrogens is 4. The van der Waals surface area contributed by atoms with Crippen molar-refractivity contribution >= 4 is 28.0 Å². The second-order valence-electron chi connectivity index (χ2n) is 9.38. The van der Waals surface area contributed by atoms with Gasteiger partial charge in [-0.3, -0.25) is 5.10 Å². The summed E-state index contributed by atoms with van der Waals surface area (Å²) in [5, 5.41) is 17.2. The third-order valence-electron chi connectivity index (χ3n) is 7.35. The first-order valence-electron chi connectivity index (χ1n) is 11.6. The van der Waals surface area contributed by atoms with E-state index in [1.165, 1.54) is 13.2 Å². The van der Waals surface area contributed by atoms with E-state index >= 15 is 0 Å². The van der Waals surface area contributed by atoms with Gasteiger partial charge in [-0.05, 0) is 49.8 Å². The summed E-state index contributed by atoms with van der Waals surface area (Å²) in [5.41, 5.74) is 2.27.